The Morgan fingerprint density at radius 2 is 2.19 bits per heavy atom. The average molecular weight is 216 g/mol. The average Bonchev–Trinajstić information content (AvgIpc) is 2.97. The van der Waals surface area contributed by atoms with Crippen molar-refractivity contribution in [2.24, 2.45) is 0 Å². The summed E-state index contributed by atoms with van der Waals surface area (Å²) in [6, 6.07) is 8.05. The van der Waals surface area contributed by atoms with Crippen molar-refractivity contribution < 1.29 is 9.84 Å². The molecule has 0 bridgehead atoms. The molecule has 1 heterocycles. The first-order valence-corrected chi connectivity index (χ1v) is 5.96. The molecule has 2 unspecified atom stereocenters. The maximum Gasteiger partial charge on any atom is 0.132 e. The third-order valence-electron chi connectivity index (χ3n) is 3.48. The zero-order valence-corrected chi connectivity index (χ0v) is 9.23. The van der Waals surface area contributed by atoms with Crippen LogP contribution in [0, 0.1) is 0 Å². The van der Waals surface area contributed by atoms with Gasteiger partial charge in [0.1, 0.15) is 18.0 Å². The number of ether oxygens (including phenoxy) is 1. The SMILES string of the molecule is OC(C1=CCCC1)C1Cc2ccccc2O1. The Morgan fingerprint density at radius 1 is 1.31 bits per heavy atom. The van der Waals surface area contributed by atoms with Crippen molar-refractivity contribution in [3.05, 3.63) is 41.5 Å². The lowest BCUT2D eigenvalue weighted by Crippen LogP contribution is -2.31. The fourth-order valence-electron chi connectivity index (χ4n) is 2.59. The largest absolute Gasteiger partial charge is 0.487 e. The summed E-state index contributed by atoms with van der Waals surface area (Å²) in [6.07, 6.45) is 5.79. The van der Waals surface area contributed by atoms with E-state index in [0.29, 0.717) is 0 Å². The predicted octanol–water partition coefficient (Wildman–Crippen LogP) is 2.46. The molecule has 1 aliphatic carbocycles. The fraction of sp³-hybridized carbons (Fsp3) is 0.429. The van der Waals surface area contributed by atoms with Gasteiger partial charge in [0.2, 0.25) is 0 Å². The second-order valence-corrected chi connectivity index (χ2v) is 4.58. The molecular formula is C14H16O2. The zero-order chi connectivity index (χ0) is 11.0. The highest BCUT2D eigenvalue weighted by Crippen LogP contribution is 2.33. The predicted molar refractivity (Wildman–Crippen MR) is 62.5 cm³/mol. The number of aliphatic hydroxyl groups is 1. The molecule has 2 aliphatic rings. The lowest BCUT2D eigenvalue weighted by molar-refractivity contribution is 0.0732. The van der Waals surface area contributed by atoms with Gasteiger partial charge in [-0.05, 0) is 36.5 Å². The van der Waals surface area contributed by atoms with Gasteiger partial charge in [-0.1, -0.05) is 24.3 Å². The molecule has 1 aromatic carbocycles. The van der Waals surface area contributed by atoms with Crippen LogP contribution in [0.5, 0.6) is 5.75 Å². The second-order valence-electron chi connectivity index (χ2n) is 4.58. The number of fused-ring (bicyclic) bond motifs is 1. The van der Waals surface area contributed by atoms with E-state index in [4.69, 9.17) is 4.74 Å². The quantitative estimate of drug-likeness (QED) is 0.769. The molecule has 0 saturated heterocycles. The molecule has 0 radical (unpaired) electrons. The molecule has 1 aliphatic heterocycles. The molecule has 0 aromatic heterocycles. The molecular weight excluding hydrogens is 200 g/mol. The van der Waals surface area contributed by atoms with E-state index in [9.17, 15) is 5.11 Å². The second kappa shape index (κ2) is 3.95. The van der Waals surface area contributed by atoms with E-state index in [1.54, 1.807) is 0 Å². The van der Waals surface area contributed by atoms with E-state index >= 15 is 0 Å². The third-order valence-corrected chi connectivity index (χ3v) is 3.48. The van der Waals surface area contributed by atoms with Crippen LogP contribution in [0.2, 0.25) is 0 Å². The Labute approximate surface area is 95.6 Å². The normalized spacial score (nSPS) is 24.8. The maximum absolute atomic E-state index is 10.2. The number of aliphatic hydroxyl groups excluding tert-OH is 1. The van der Waals surface area contributed by atoms with Gasteiger partial charge in [-0.25, -0.2) is 0 Å². The summed E-state index contributed by atoms with van der Waals surface area (Å²) < 4.78 is 5.79. The molecule has 2 nitrogen and oxygen atoms in total. The lowest BCUT2D eigenvalue weighted by Gasteiger charge is -2.19. The number of allylic oxidation sites excluding steroid dienone is 1. The Kier molecular flexibility index (Phi) is 2.44. The first-order valence-electron chi connectivity index (χ1n) is 5.96. The molecule has 0 saturated carbocycles. The van der Waals surface area contributed by atoms with Gasteiger partial charge >= 0.3 is 0 Å². The summed E-state index contributed by atoms with van der Waals surface area (Å²) >= 11 is 0. The highest BCUT2D eigenvalue weighted by atomic mass is 16.5. The van der Waals surface area contributed by atoms with Crippen LogP contribution in [0.4, 0.5) is 0 Å². The van der Waals surface area contributed by atoms with Gasteiger partial charge < -0.3 is 9.84 Å². The minimum absolute atomic E-state index is 0.0817. The summed E-state index contributed by atoms with van der Waals surface area (Å²) in [4.78, 5) is 0. The van der Waals surface area contributed by atoms with E-state index in [-0.39, 0.29) is 6.10 Å². The third kappa shape index (κ3) is 1.63. The van der Waals surface area contributed by atoms with E-state index in [1.807, 2.05) is 18.2 Å². The van der Waals surface area contributed by atoms with Crippen molar-refractivity contribution in [1.82, 2.24) is 0 Å². The molecule has 1 N–H and O–H groups in total. The van der Waals surface area contributed by atoms with Crippen molar-refractivity contribution in [2.75, 3.05) is 0 Å². The fourth-order valence-corrected chi connectivity index (χ4v) is 2.59. The number of para-hydroxylation sites is 1. The van der Waals surface area contributed by atoms with Gasteiger partial charge in [0, 0.05) is 6.42 Å². The van der Waals surface area contributed by atoms with Gasteiger partial charge in [-0.3, -0.25) is 0 Å². The molecule has 2 heteroatoms. The summed E-state index contributed by atoms with van der Waals surface area (Å²) in [5.41, 5.74) is 2.38. The highest BCUT2D eigenvalue weighted by Gasteiger charge is 2.31. The van der Waals surface area contributed by atoms with Crippen LogP contribution < -0.4 is 4.74 Å². The molecule has 0 spiro atoms. The van der Waals surface area contributed by atoms with E-state index in [1.165, 1.54) is 12.0 Å². The van der Waals surface area contributed by atoms with E-state index in [2.05, 4.69) is 12.1 Å². The Balaban J connectivity index is 1.75. The van der Waals surface area contributed by atoms with E-state index in [0.717, 1.165) is 30.6 Å². The first-order chi connectivity index (χ1) is 7.84. The Hall–Kier alpha value is -1.28. The molecule has 0 fully saturated rings. The minimum Gasteiger partial charge on any atom is -0.487 e. The highest BCUT2D eigenvalue weighted by molar-refractivity contribution is 5.38. The topological polar surface area (TPSA) is 29.5 Å². The summed E-state index contributed by atoms with van der Waals surface area (Å²) in [7, 11) is 0. The van der Waals surface area contributed by atoms with Gasteiger partial charge in [0.15, 0.2) is 0 Å². The van der Waals surface area contributed by atoms with E-state index < -0.39 is 6.10 Å². The van der Waals surface area contributed by atoms with Gasteiger partial charge in [0.05, 0.1) is 0 Å². The van der Waals surface area contributed by atoms with Crippen molar-refractivity contribution in [3.8, 4) is 5.75 Å². The molecule has 2 atom stereocenters. The standard InChI is InChI=1S/C14H16O2/c15-14(10-5-1-2-6-10)13-9-11-7-3-4-8-12(11)16-13/h3-5,7-8,13-15H,1-2,6,9H2. The first kappa shape index (κ1) is 9.91. The van der Waals surface area contributed by atoms with Crippen LogP contribution in [-0.2, 0) is 6.42 Å². The monoisotopic (exact) mass is 216 g/mol. The lowest BCUT2D eigenvalue weighted by atomic mass is 10.00. The Bertz CT molecular complexity index is 397. The van der Waals surface area contributed by atoms with Crippen LogP contribution in [-0.4, -0.2) is 17.3 Å². The smallest absolute Gasteiger partial charge is 0.132 e. The zero-order valence-electron chi connectivity index (χ0n) is 9.23. The number of hydrogen-bond donors (Lipinski definition) is 1. The Morgan fingerprint density at radius 3 is 2.94 bits per heavy atom. The van der Waals surface area contributed by atoms with Crippen molar-refractivity contribution in [1.29, 1.82) is 0 Å². The molecule has 3 rings (SSSR count). The van der Waals surface area contributed by atoms with Gasteiger partial charge in [0.25, 0.3) is 0 Å². The van der Waals surface area contributed by atoms with Crippen molar-refractivity contribution in [2.45, 2.75) is 37.9 Å². The van der Waals surface area contributed by atoms with Crippen LogP contribution in [0.3, 0.4) is 0 Å². The minimum atomic E-state index is -0.421. The number of benzene rings is 1. The summed E-state index contributed by atoms with van der Waals surface area (Å²) in [5.74, 6) is 0.935. The molecule has 0 amide bonds. The maximum atomic E-state index is 10.2. The summed E-state index contributed by atoms with van der Waals surface area (Å²) in [6.45, 7) is 0. The van der Waals surface area contributed by atoms with Gasteiger partial charge in [-0.2, -0.15) is 0 Å². The van der Waals surface area contributed by atoms with Crippen molar-refractivity contribution in [3.63, 3.8) is 0 Å². The number of rotatable bonds is 2. The van der Waals surface area contributed by atoms with Gasteiger partial charge in [-0.15, -0.1) is 0 Å². The molecule has 16 heavy (non-hydrogen) atoms. The summed E-state index contributed by atoms with van der Waals surface area (Å²) in [5, 5.41) is 10.2. The van der Waals surface area contributed by atoms with Crippen LogP contribution in [0.15, 0.2) is 35.9 Å². The molecule has 84 valence electrons. The number of hydrogen-bond acceptors (Lipinski definition) is 2. The van der Waals surface area contributed by atoms with Crippen LogP contribution in [0.1, 0.15) is 24.8 Å². The van der Waals surface area contributed by atoms with Crippen LogP contribution in [0.25, 0.3) is 0 Å². The van der Waals surface area contributed by atoms with Crippen LogP contribution >= 0.6 is 0 Å². The van der Waals surface area contributed by atoms with Crippen molar-refractivity contribution >= 4 is 0 Å². The molecule has 1 aromatic rings.